The first-order valence-corrected chi connectivity index (χ1v) is 5.64. The van der Waals surface area contributed by atoms with E-state index in [0.717, 1.165) is 5.39 Å². The summed E-state index contributed by atoms with van der Waals surface area (Å²) in [6.07, 6.45) is 0.890. The van der Waals surface area contributed by atoms with E-state index in [1.54, 1.807) is 27.0 Å². The Bertz CT molecular complexity index is 577. The lowest BCUT2D eigenvalue weighted by atomic mass is 10.2. The van der Waals surface area contributed by atoms with Crippen molar-refractivity contribution < 1.29 is 14.4 Å². The zero-order chi connectivity index (χ0) is 13.3. The Kier molecular flexibility index (Phi) is 3.29. The van der Waals surface area contributed by atoms with Gasteiger partial charge in [-0.05, 0) is 19.9 Å². The topological polar surface area (TPSA) is 79.5 Å². The van der Waals surface area contributed by atoms with Gasteiger partial charge in [-0.25, -0.2) is 4.98 Å². The SMILES string of the molecule is Cc1noc2ncc(C(=O)N(C)CC(C)O)cc12. The fourth-order valence-electron chi connectivity index (χ4n) is 1.76. The molecule has 2 heterocycles. The van der Waals surface area contributed by atoms with Gasteiger partial charge in [-0.1, -0.05) is 5.16 Å². The maximum atomic E-state index is 12.1. The van der Waals surface area contributed by atoms with Crippen molar-refractivity contribution in [2.45, 2.75) is 20.0 Å². The van der Waals surface area contributed by atoms with Crippen LogP contribution in [0.1, 0.15) is 23.0 Å². The molecule has 1 N–H and O–H groups in total. The summed E-state index contributed by atoms with van der Waals surface area (Å²) in [6, 6.07) is 1.70. The quantitative estimate of drug-likeness (QED) is 0.877. The lowest BCUT2D eigenvalue weighted by Gasteiger charge is -2.18. The van der Waals surface area contributed by atoms with Crippen LogP contribution >= 0.6 is 0 Å². The first kappa shape index (κ1) is 12.5. The summed E-state index contributed by atoms with van der Waals surface area (Å²) < 4.78 is 4.98. The largest absolute Gasteiger partial charge is 0.392 e. The number of aryl methyl sites for hydroxylation is 1. The number of carbonyl (C=O) groups is 1. The molecule has 18 heavy (non-hydrogen) atoms. The minimum Gasteiger partial charge on any atom is -0.392 e. The van der Waals surface area contributed by atoms with Gasteiger partial charge in [-0.3, -0.25) is 4.79 Å². The Labute approximate surface area is 104 Å². The van der Waals surface area contributed by atoms with Crippen molar-refractivity contribution in [3.8, 4) is 0 Å². The van der Waals surface area contributed by atoms with E-state index in [-0.39, 0.29) is 12.5 Å². The molecule has 1 unspecified atom stereocenters. The monoisotopic (exact) mass is 249 g/mol. The van der Waals surface area contributed by atoms with Gasteiger partial charge in [-0.15, -0.1) is 0 Å². The van der Waals surface area contributed by atoms with E-state index in [1.807, 2.05) is 0 Å². The number of rotatable bonds is 3. The Balaban J connectivity index is 2.30. The number of fused-ring (bicyclic) bond motifs is 1. The van der Waals surface area contributed by atoms with Gasteiger partial charge in [0.1, 0.15) is 0 Å². The molecule has 0 aliphatic rings. The maximum absolute atomic E-state index is 12.1. The number of aliphatic hydroxyl groups excluding tert-OH is 1. The van der Waals surface area contributed by atoms with Gasteiger partial charge in [0, 0.05) is 19.8 Å². The third kappa shape index (κ3) is 2.33. The second-order valence-electron chi connectivity index (χ2n) is 4.38. The molecule has 0 aliphatic carbocycles. The lowest BCUT2D eigenvalue weighted by Crippen LogP contribution is -2.33. The predicted octanol–water partition coefficient (Wildman–Crippen LogP) is 0.984. The van der Waals surface area contributed by atoms with Crippen LogP contribution < -0.4 is 0 Å². The molecule has 2 aromatic rings. The molecule has 6 nitrogen and oxygen atoms in total. The van der Waals surface area contributed by atoms with E-state index in [2.05, 4.69) is 10.1 Å². The summed E-state index contributed by atoms with van der Waals surface area (Å²) in [5.74, 6) is -0.189. The van der Waals surface area contributed by atoms with Gasteiger partial charge < -0.3 is 14.5 Å². The average Bonchev–Trinajstić information content (AvgIpc) is 2.69. The molecule has 0 bridgehead atoms. The van der Waals surface area contributed by atoms with E-state index in [4.69, 9.17) is 4.52 Å². The normalized spacial score (nSPS) is 12.7. The minimum absolute atomic E-state index is 0.189. The Morgan fingerprint density at radius 2 is 2.33 bits per heavy atom. The van der Waals surface area contributed by atoms with Crippen LogP contribution in [0.3, 0.4) is 0 Å². The standard InChI is InChI=1S/C12H15N3O3/c1-7(16)6-15(3)12(17)9-4-10-8(2)14-18-11(10)13-5-9/h4-5,7,16H,6H2,1-3H3. The predicted molar refractivity (Wildman–Crippen MR) is 65.2 cm³/mol. The van der Waals surface area contributed by atoms with Crippen molar-refractivity contribution in [3.63, 3.8) is 0 Å². The highest BCUT2D eigenvalue weighted by Gasteiger charge is 2.16. The summed E-state index contributed by atoms with van der Waals surface area (Å²) in [4.78, 5) is 17.6. The highest BCUT2D eigenvalue weighted by atomic mass is 16.5. The Morgan fingerprint density at radius 1 is 1.61 bits per heavy atom. The van der Waals surface area contributed by atoms with E-state index >= 15 is 0 Å². The average molecular weight is 249 g/mol. The molecular formula is C12H15N3O3. The highest BCUT2D eigenvalue weighted by Crippen LogP contribution is 2.17. The summed E-state index contributed by atoms with van der Waals surface area (Å²) in [5.41, 5.74) is 1.57. The van der Waals surface area contributed by atoms with Gasteiger partial charge >= 0.3 is 0 Å². The van der Waals surface area contributed by atoms with Gasteiger partial charge in [0.2, 0.25) is 0 Å². The maximum Gasteiger partial charge on any atom is 0.257 e. The van der Waals surface area contributed by atoms with Crippen molar-refractivity contribution in [2.24, 2.45) is 0 Å². The van der Waals surface area contributed by atoms with E-state index in [9.17, 15) is 9.90 Å². The third-order valence-corrected chi connectivity index (χ3v) is 2.64. The molecule has 0 fully saturated rings. The molecule has 1 atom stereocenters. The number of aliphatic hydroxyl groups is 1. The number of aromatic nitrogens is 2. The zero-order valence-electron chi connectivity index (χ0n) is 10.5. The number of hydrogen-bond acceptors (Lipinski definition) is 5. The van der Waals surface area contributed by atoms with Crippen LogP contribution in [0.2, 0.25) is 0 Å². The fraction of sp³-hybridized carbons (Fsp3) is 0.417. The zero-order valence-corrected chi connectivity index (χ0v) is 10.5. The van der Waals surface area contributed by atoms with E-state index < -0.39 is 6.10 Å². The summed E-state index contributed by atoms with van der Waals surface area (Å²) in [7, 11) is 1.64. The molecule has 1 amide bonds. The Hall–Kier alpha value is -1.95. The summed E-state index contributed by atoms with van der Waals surface area (Å²) >= 11 is 0. The van der Waals surface area contributed by atoms with Crippen molar-refractivity contribution in [1.29, 1.82) is 0 Å². The molecule has 0 spiro atoms. The second kappa shape index (κ2) is 4.73. The molecule has 0 saturated heterocycles. The van der Waals surface area contributed by atoms with Gasteiger partial charge in [0.25, 0.3) is 11.6 Å². The summed E-state index contributed by atoms with van der Waals surface area (Å²) in [6.45, 7) is 3.70. The van der Waals surface area contributed by atoms with Crippen molar-refractivity contribution >= 4 is 17.0 Å². The van der Waals surface area contributed by atoms with Gasteiger partial charge in [0.05, 0.1) is 22.7 Å². The molecule has 96 valence electrons. The smallest absolute Gasteiger partial charge is 0.257 e. The van der Waals surface area contributed by atoms with Crippen molar-refractivity contribution in [1.82, 2.24) is 15.0 Å². The number of likely N-dealkylation sites (N-methyl/N-ethyl adjacent to an activating group) is 1. The molecule has 0 aromatic carbocycles. The van der Waals surface area contributed by atoms with Gasteiger partial charge in [-0.2, -0.15) is 0 Å². The van der Waals surface area contributed by atoms with Gasteiger partial charge in [0.15, 0.2) is 0 Å². The van der Waals surface area contributed by atoms with Crippen LogP contribution in [0.5, 0.6) is 0 Å². The Morgan fingerprint density at radius 3 is 3.00 bits per heavy atom. The number of hydrogen-bond donors (Lipinski definition) is 1. The molecule has 6 heteroatoms. The van der Waals surface area contributed by atoms with Crippen molar-refractivity contribution in [3.05, 3.63) is 23.5 Å². The number of nitrogens with zero attached hydrogens (tertiary/aromatic N) is 3. The molecular weight excluding hydrogens is 234 g/mol. The van der Waals surface area contributed by atoms with Crippen LogP contribution in [0.4, 0.5) is 0 Å². The third-order valence-electron chi connectivity index (χ3n) is 2.64. The van der Waals surface area contributed by atoms with Crippen LogP contribution in [-0.4, -0.2) is 45.8 Å². The van der Waals surface area contributed by atoms with Crippen LogP contribution in [-0.2, 0) is 0 Å². The number of carbonyl (C=O) groups excluding carboxylic acids is 1. The van der Waals surface area contributed by atoms with Crippen molar-refractivity contribution in [2.75, 3.05) is 13.6 Å². The number of amides is 1. The summed E-state index contributed by atoms with van der Waals surface area (Å²) in [5, 5.41) is 13.8. The van der Waals surface area contributed by atoms with E-state index in [1.165, 1.54) is 11.1 Å². The van der Waals surface area contributed by atoms with Crippen LogP contribution in [0, 0.1) is 6.92 Å². The molecule has 2 rings (SSSR count). The fourth-order valence-corrected chi connectivity index (χ4v) is 1.76. The molecule has 2 aromatic heterocycles. The minimum atomic E-state index is -0.562. The molecule has 0 saturated carbocycles. The number of pyridine rings is 1. The lowest BCUT2D eigenvalue weighted by molar-refractivity contribution is 0.0703. The van der Waals surface area contributed by atoms with Crippen LogP contribution in [0.15, 0.2) is 16.8 Å². The first-order chi connectivity index (χ1) is 8.49. The van der Waals surface area contributed by atoms with E-state index in [0.29, 0.717) is 17.0 Å². The first-order valence-electron chi connectivity index (χ1n) is 5.64. The second-order valence-corrected chi connectivity index (χ2v) is 4.38. The highest BCUT2D eigenvalue weighted by molar-refractivity contribution is 5.96. The molecule has 0 radical (unpaired) electrons. The van der Waals surface area contributed by atoms with Crippen LogP contribution in [0.25, 0.3) is 11.1 Å². The molecule has 0 aliphatic heterocycles.